The van der Waals surface area contributed by atoms with Gasteiger partial charge in [-0.1, -0.05) is 6.07 Å². The van der Waals surface area contributed by atoms with Gasteiger partial charge >= 0.3 is 0 Å². The number of aliphatic hydroxyl groups excluding tert-OH is 2. The van der Waals surface area contributed by atoms with Crippen LogP contribution in [0.5, 0.6) is 5.88 Å². The number of ether oxygens (including phenoxy) is 1. The molecule has 4 atom stereocenters. The number of hydrogen-bond acceptors (Lipinski definition) is 5. The lowest BCUT2D eigenvalue weighted by Gasteiger charge is -2.22. The van der Waals surface area contributed by atoms with Crippen LogP contribution in [-0.4, -0.2) is 59.0 Å². The lowest BCUT2D eigenvalue weighted by atomic mass is 10.1. The Kier molecular flexibility index (Phi) is 4.39. The Morgan fingerprint density at radius 2 is 2.05 bits per heavy atom. The van der Waals surface area contributed by atoms with E-state index in [4.69, 9.17) is 4.74 Å². The van der Waals surface area contributed by atoms with E-state index in [1.54, 1.807) is 6.07 Å². The molecule has 2 N–H and O–H groups in total. The second kappa shape index (κ2) is 5.86. The molecule has 5 nitrogen and oxygen atoms in total. The van der Waals surface area contributed by atoms with Crippen LogP contribution < -0.4 is 4.74 Å². The highest BCUT2D eigenvalue weighted by atomic mass is 16.5. The van der Waals surface area contributed by atoms with Crippen molar-refractivity contribution in [3.63, 3.8) is 0 Å². The molecular formula is C14H22N2O3. The van der Waals surface area contributed by atoms with Crippen molar-refractivity contribution in [3.05, 3.63) is 23.9 Å². The summed E-state index contributed by atoms with van der Waals surface area (Å²) in [5.74, 6) is 0.500. The fraction of sp³-hybridized carbons (Fsp3) is 0.643. The maximum absolute atomic E-state index is 10.0. The summed E-state index contributed by atoms with van der Waals surface area (Å²) in [5, 5.41) is 20.0. The summed E-state index contributed by atoms with van der Waals surface area (Å²) in [6.45, 7) is 2.28. The molecule has 0 spiro atoms. The van der Waals surface area contributed by atoms with Gasteiger partial charge in [-0.15, -0.1) is 0 Å². The first-order valence-electron chi connectivity index (χ1n) is 6.58. The minimum absolute atomic E-state index is 0.0194. The average molecular weight is 266 g/mol. The van der Waals surface area contributed by atoms with E-state index in [2.05, 4.69) is 4.98 Å². The van der Waals surface area contributed by atoms with Gasteiger partial charge in [0, 0.05) is 23.7 Å². The Morgan fingerprint density at radius 3 is 2.63 bits per heavy atom. The molecule has 0 bridgehead atoms. The summed E-state index contributed by atoms with van der Waals surface area (Å²) in [6, 6.07) is 5.58. The number of pyridine rings is 1. The van der Waals surface area contributed by atoms with Crippen molar-refractivity contribution in [2.24, 2.45) is 5.92 Å². The van der Waals surface area contributed by atoms with E-state index in [0.717, 1.165) is 12.1 Å². The molecule has 5 heteroatoms. The van der Waals surface area contributed by atoms with Crippen molar-refractivity contribution in [1.82, 2.24) is 9.88 Å². The van der Waals surface area contributed by atoms with Crippen LogP contribution in [0.25, 0.3) is 0 Å². The Bertz CT molecular complexity index is 425. The van der Waals surface area contributed by atoms with E-state index in [0.29, 0.717) is 12.5 Å². The highest BCUT2D eigenvalue weighted by molar-refractivity contribution is 5.14. The normalized spacial score (nSPS) is 30.8. The van der Waals surface area contributed by atoms with E-state index in [9.17, 15) is 10.2 Å². The highest BCUT2D eigenvalue weighted by Gasteiger charge is 2.42. The molecule has 0 saturated heterocycles. The van der Waals surface area contributed by atoms with Gasteiger partial charge in [0.05, 0.1) is 18.8 Å². The summed E-state index contributed by atoms with van der Waals surface area (Å²) in [4.78, 5) is 6.20. The number of aromatic nitrogens is 1. The summed E-state index contributed by atoms with van der Waals surface area (Å²) in [5.41, 5.74) is 0.899. The largest absolute Gasteiger partial charge is 0.477 e. The minimum atomic E-state index is -0.739. The van der Waals surface area contributed by atoms with E-state index >= 15 is 0 Å². The van der Waals surface area contributed by atoms with Crippen molar-refractivity contribution in [3.8, 4) is 5.88 Å². The number of rotatable bonds is 4. The van der Waals surface area contributed by atoms with Crippen LogP contribution in [0.1, 0.15) is 12.1 Å². The lowest BCUT2D eigenvalue weighted by molar-refractivity contribution is -0.00960. The standard InChI is InChI=1S/C14H22N2O3/c1-9-5-4-6-12(15-9)19-8-10-7-11(16(2)3)14(18)13(10)17/h4-6,10-11,13-14,17-18H,7-8H2,1-3H3. The van der Waals surface area contributed by atoms with Gasteiger partial charge in [-0.3, -0.25) is 0 Å². The van der Waals surface area contributed by atoms with Crippen molar-refractivity contribution in [1.29, 1.82) is 0 Å². The van der Waals surface area contributed by atoms with Gasteiger partial charge in [-0.2, -0.15) is 0 Å². The first-order chi connectivity index (χ1) is 8.99. The Labute approximate surface area is 113 Å². The zero-order chi connectivity index (χ0) is 14.0. The highest BCUT2D eigenvalue weighted by Crippen LogP contribution is 2.29. The zero-order valence-corrected chi connectivity index (χ0v) is 11.7. The maximum atomic E-state index is 10.0. The van der Waals surface area contributed by atoms with Crippen molar-refractivity contribution >= 4 is 0 Å². The molecule has 106 valence electrons. The minimum Gasteiger partial charge on any atom is -0.477 e. The SMILES string of the molecule is Cc1cccc(OCC2CC(N(C)C)C(O)C2O)n1. The first kappa shape index (κ1) is 14.2. The van der Waals surface area contributed by atoms with Crippen LogP contribution in [0.3, 0.4) is 0 Å². The van der Waals surface area contributed by atoms with Gasteiger partial charge in [0.1, 0.15) is 0 Å². The molecule has 1 fully saturated rings. The van der Waals surface area contributed by atoms with Crippen LogP contribution in [0, 0.1) is 12.8 Å². The van der Waals surface area contributed by atoms with Crippen LogP contribution in [0.15, 0.2) is 18.2 Å². The number of hydrogen-bond donors (Lipinski definition) is 2. The third-order valence-electron chi connectivity index (χ3n) is 3.74. The lowest BCUT2D eigenvalue weighted by Crippen LogP contribution is -2.39. The number of aliphatic hydroxyl groups is 2. The molecule has 19 heavy (non-hydrogen) atoms. The van der Waals surface area contributed by atoms with Crippen LogP contribution in [-0.2, 0) is 0 Å². The third-order valence-corrected chi connectivity index (χ3v) is 3.74. The molecule has 1 heterocycles. The van der Waals surface area contributed by atoms with E-state index in [-0.39, 0.29) is 12.0 Å². The summed E-state index contributed by atoms with van der Waals surface area (Å²) < 4.78 is 5.62. The zero-order valence-electron chi connectivity index (χ0n) is 11.7. The van der Waals surface area contributed by atoms with E-state index < -0.39 is 12.2 Å². The third kappa shape index (κ3) is 3.23. The molecule has 0 aromatic carbocycles. The van der Waals surface area contributed by atoms with E-state index in [1.807, 2.05) is 38.1 Å². The molecule has 0 radical (unpaired) electrons. The number of aryl methyl sites for hydroxylation is 1. The Hall–Kier alpha value is -1.17. The number of likely N-dealkylation sites (N-methyl/N-ethyl adjacent to an activating group) is 1. The summed E-state index contributed by atoms with van der Waals surface area (Å²) >= 11 is 0. The molecule has 1 saturated carbocycles. The van der Waals surface area contributed by atoms with Gasteiger partial charge in [0.25, 0.3) is 0 Å². The molecule has 0 amide bonds. The molecule has 0 aliphatic heterocycles. The molecule has 2 rings (SSSR count). The first-order valence-corrected chi connectivity index (χ1v) is 6.58. The van der Waals surface area contributed by atoms with Crippen molar-refractivity contribution < 1.29 is 14.9 Å². The van der Waals surface area contributed by atoms with Gasteiger partial charge < -0.3 is 19.8 Å². The molecule has 1 aromatic heterocycles. The fourth-order valence-corrected chi connectivity index (χ4v) is 2.57. The Balaban J connectivity index is 1.93. The Morgan fingerprint density at radius 1 is 1.32 bits per heavy atom. The molecule has 1 aliphatic rings. The van der Waals surface area contributed by atoms with Gasteiger partial charge in [0.15, 0.2) is 0 Å². The summed E-state index contributed by atoms with van der Waals surface area (Å²) in [6.07, 6.45) is -0.729. The fourth-order valence-electron chi connectivity index (χ4n) is 2.57. The predicted molar refractivity (Wildman–Crippen MR) is 72.1 cm³/mol. The van der Waals surface area contributed by atoms with Gasteiger partial charge in [0.2, 0.25) is 5.88 Å². The van der Waals surface area contributed by atoms with Crippen molar-refractivity contribution in [2.75, 3.05) is 20.7 Å². The van der Waals surface area contributed by atoms with E-state index in [1.165, 1.54) is 0 Å². The maximum Gasteiger partial charge on any atom is 0.213 e. The molecule has 1 aromatic rings. The van der Waals surface area contributed by atoms with Crippen LogP contribution in [0.2, 0.25) is 0 Å². The topological polar surface area (TPSA) is 65.8 Å². The molecule has 1 aliphatic carbocycles. The molecular weight excluding hydrogens is 244 g/mol. The van der Waals surface area contributed by atoms with Gasteiger partial charge in [-0.05, 0) is 33.5 Å². The quantitative estimate of drug-likeness (QED) is 0.828. The van der Waals surface area contributed by atoms with Crippen LogP contribution in [0.4, 0.5) is 0 Å². The van der Waals surface area contributed by atoms with Crippen molar-refractivity contribution in [2.45, 2.75) is 31.6 Å². The smallest absolute Gasteiger partial charge is 0.213 e. The van der Waals surface area contributed by atoms with Crippen LogP contribution >= 0.6 is 0 Å². The second-order valence-electron chi connectivity index (χ2n) is 5.44. The second-order valence-corrected chi connectivity index (χ2v) is 5.44. The summed E-state index contributed by atoms with van der Waals surface area (Å²) in [7, 11) is 3.82. The molecule has 4 unspecified atom stereocenters. The monoisotopic (exact) mass is 266 g/mol. The van der Waals surface area contributed by atoms with Gasteiger partial charge in [-0.25, -0.2) is 4.98 Å². The predicted octanol–water partition coefficient (Wildman–Crippen LogP) is 0.441. The average Bonchev–Trinajstić information content (AvgIpc) is 2.64. The number of nitrogens with zero attached hydrogens (tertiary/aromatic N) is 2.